The number of nitrogens with one attached hydrogen (secondary N) is 1. The van der Waals surface area contributed by atoms with Crippen molar-refractivity contribution in [2.24, 2.45) is 0 Å². The number of fused-ring (bicyclic) bond motifs is 2. The standard InChI is InChI=1S/C24H19F4N3O3/c25-17-2-5-19(6-3-17)31-20-7-1-16(11-15(20)13-30-31)23(32,24(26,27)28)14-29-18-4-8-21-22(12-18)34-10-9-33-21/h1-8,11-13,29,32H,9-10,14H2. The number of aliphatic hydroxyl groups is 1. The van der Waals surface area contributed by atoms with Crippen LogP contribution in [0, 0.1) is 5.82 Å². The summed E-state index contributed by atoms with van der Waals surface area (Å²) in [4.78, 5) is 0. The number of alkyl halides is 3. The zero-order valence-corrected chi connectivity index (χ0v) is 17.6. The molecule has 0 saturated carbocycles. The predicted octanol–water partition coefficient (Wildman–Crippen LogP) is 4.80. The fourth-order valence-electron chi connectivity index (χ4n) is 3.83. The summed E-state index contributed by atoms with van der Waals surface area (Å²) in [6.45, 7) is -0.0872. The first-order valence-corrected chi connectivity index (χ1v) is 10.4. The van der Waals surface area contributed by atoms with Crippen molar-refractivity contribution in [2.75, 3.05) is 25.1 Å². The van der Waals surface area contributed by atoms with Gasteiger partial charge in [0.15, 0.2) is 11.5 Å². The van der Waals surface area contributed by atoms with E-state index in [0.717, 1.165) is 0 Å². The van der Waals surface area contributed by atoms with Crippen LogP contribution >= 0.6 is 0 Å². The van der Waals surface area contributed by atoms with Gasteiger partial charge in [0.2, 0.25) is 5.60 Å². The molecule has 0 saturated heterocycles. The molecule has 5 rings (SSSR count). The van der Waals surface area contributed by atoms with Crippen molar-refractivity contribution in [2.45, 2.75) is 11.8 Å². The monoisotopic (exact) mass is 473 g/mol. The van der Waals surface area contributed by atoms with Gasteiger partial charge in [0.05, 0.1) is 23.9 Å². The Morgan fingerprint density at radius 3 is 2.41 bits per heavy atom. The Balaban J connectivity index is 1.45. The summed E-state index contributed by atoms with van der Waals surface area (Å²) < 4.78 is 67.8. The number of nitrogens with zero attached hydrogens (tertiary/aromatic N) is 2. The average Bonchev–Trinajstić information content (AvgIpc) is 3.25. The van der Waals surface area contributed by atoms with E-state index in [4.69, 9.17) is 9.47 Å². The van der Waals surface area contributed by atoms with Crippen molar-refractivity contribution in [3.63, 3.8) is 0 Å². The van der Waals surface area contributed by atoms with Crippen LogP contribution in [-0.2, 0) is 5.60 Å². The normalized spacial score (nSPS) is 15.2. The van der Waals surface area contributed by atoms with Crippen LogP contribution in [0.1, 0.15) is 5.56 Å². The van der Waals surface area contributed by atoms with Crippen LogP contribution < -0.4 is 14.8 Å². The molecule has 34 heavy (non-hydrogen) atoms. The zero-order chi connectivity index (χ0) is 23.9. The van der Waals surface area contributed by atoms with E-state index in [9.17, 15) is 22.7 Å². The first kappa shape index (κ1) is 22.0. The minimum atomic E-state index is -4.96. The average molecular weight is 473 g/mol. The third-order valence-electron chi connectivity index (χ3n) is 5.68. The highest BCUT2D eigenvalue weighted by molar-refractivity contribution is 5.81. The van der Waals surface area contributed by atoms with Crippen molar-refractivity contribution in [1.82, 2.24) is 9.78 Å². The van der Waals surface area contributed by atoms with Gasteiger partial charge < -0.3 is 19.9 Å². The molecule has 0 aliphatic carbocycles. The molecule has 0 spiro atoms. The molecule has 1 aromatic heterocycles. The second kappa shape index (κ2) is 8.21. The molecule has 2 heterocycles. The second-order valence-electron chi connectivity index (χ2n) is 7.88. The number of hydrogen-bond acceptors (Lipinski definition) is 5. The largest absolute Gasteiger partial charge is 0.486 e. The predicted molar refractivity (Wildman–Crippen MR) is 117 cm³/mol. The third kappa shape index (κ3) is 3.90. The molecule has 1 atom stereocenters. The molecule has 4 aromatic rings. The van der Waals surface area contributed by atoms with E-state index in [1.807, 2.05) is 0 Å². The molecule has 2 N–H and O–H groups in total. The highest BCUT2D eigenvalue weighted by Crippen LogP contribution is 2.41. The van der Waals surface area contributed by atoms with Gasteiger partial charge in [-0.3, -0.25) is 0 Å². The number of hydrogen-bond donors (Lipinski definition) is 2. The topological polar surface area (TPSA) is 68.5 Å². The van der Waals surface area contributed by atoms with Crippen molar-refractivity contribution in [3.8, 4) is 17.2 Å². The summed E-state index contributed by atoms with van der Waals surface area (Å²) in [7, 11) is 0. The number of anilines is 1. The van der Waals surface area contributed by atoms with Gasteiger partial charge in [0, 0.05) is 17.1 Å². The van der Waals surface area contributed by atoms with Gasteiger partial charge in [-0.15, -0.1) is 0 Å². The molecule has 3 aromatic carbocycles. The summed E-state index contributed by atoms with van der Waals surface area (Å²) in [5, 5.41) is 18.1. The molecule has 176 valence electrons. The molecular formula is C24H19F4N3O3. The van der Waals surface area contributed by atoms with Gasteiger partial charge in [-0.2, -0.15) is 18.3 Å². The molecule has 0 radical (unpaired) electrons. The van der Waals surface area contributed by atoms with Gasteiger partial charge in [-0.25, -0.2) is 9.07 Å². The van der Waals surface area contributed by atoms with Crippen LogP contribution in [0.3, 0.4) is 0 Å². The van der Waals surface area contributed by atoms with Crippen molar-refractivity contribution < 1.29 is 32.1 Å². The Kier molecular flexibility index (Phi) is 5.32. The maximum atomic E-state index is 14.1. The van der Waals surface area contributed by atoms with E-state index < -0.39 is 24.1 Å². The Morgan fingerprint density at radius 1 is 0.941 bits per heavy atom. The zero-order valence-electron chi connectivity index (χ0n) is 17.6. The fourth-order valence-corrected chi connectivity index (χ4v) is 3.83. The number of ether oxygens (including phenoxy) is 2. The molecule has 6 nitrogen and oxygen atoms in total. The highest BCUT2D eigenvalue weighted by Gasteiger charge is 2.55. The summed E-state index contributed by atoms with van der Waals surface area (Å²) in [5.74, 6) is 0.510. The summed E-state index contributed by atoms with van der Waals surface area (Å²) in [6.07, 6.45) is -3.57. The molecule has 10 heteroatoms. The summed E-state index contributed by atoms with van der Waals surface area (Å²) >= 11 is 0. The SMILES string of the molecule is OC(CNc1ccc2c(c1)OCCO2)(c1ccc2c(cnn2-c2ccc(F)cc2)c1)C(F)(F)F. The molecule has 1 unspecified atom stereocenters. The number of rotatable bonds is 5. The molecule has 0 fully saturated rings. The highest BCUT2D eigenvalue weighted by atomic mass is 19.4. The first-order chi connectivity index (χ1) is 16.2. The van der Waals surface area contributed by atoms with Gasteiger partial charge in [0.25, 0.3) is 0 Å². The van der Waals surface area contributed by atoms with Crippen molar-refractivity contribution in [3.05, 3.63) is 78.2 Å². The molecular weight excluding hydrogens is 454 g/mol. The fraction of sp³-hybridized carbons (Fsp3) is 0.208. The van der Waals surface area contributed by atoms with Crippen LogP contribution in [-0.4, -0.2) is 40.8 Å². The number of halogens is 4. The van der Waals surface area contributed by atoms with Gasteiger partial charge >= 0.3 is 6.18 Å². The molecule has 0 bridgehead atoms. The Morgan fingerprint density at radius 2 is 1.68 bits per heavy atom. The summed E-state index contributed by atoms with van der Waals surface area (Å²) in [5.41, 5.74) is -2.10. The van der Waals surface area contributed by atoms with Gasteiger partial charge in [0.1, 0.15) is 19.0 Å². The first-order valence-electron chi connectivity index (χ1n) is 10.4. The van der Waals surface area contributed by atoms with E-state index in [2.05, 4.69) is 10.4 Å². The lowest BCUT2D eigenvalue weighted by atomic mass is 9.92. The smallest absolute Gasteiger partial charge is 0.423 e. The van der Waals surface area contributed by atoms with Crippen LogP contribution in [0.2, 0.25) is 0 Å². The molecule has 0 amide bonds. The van der Waals surface area contributed by atoms with Crippen molar-refractivity contribution >= 4 is 16.6 Å². The van der Waals surface area contributed by atoms with E-state index in [-0.39, 0.29) is 5.56 Å². The van der Waals surface area contributed by atoms with E-state index in [1.165, 1.54) is 59.4 Å². The third-order valence-corrected chi connectivity index (χ3v) is 5.68. The van der Waals surface area contributed by atoms with Crippen molar-refractivity contribution in [1.29, 1.82) is 0 Å². The second-order valence-corrected chi connectivity index (χ2v) is 7.88. The Labute approximate surface area is 191 Å². The van der Waals surface area contributed by atoms with E-state index in [1.54, 1.807) is 12.1 Å². The summed E-state index contributed by atoms with van der Waals surface area (Å²) in [6, 6.07) is 14.2. The van der Waals surface area contributed by atoms with E-state index in [0.29, 0.717) is 47.0 Å². The van der Waals surface area contributed by atoms with Crippen LogP contribution in [0.4, 0.5) is 23.2 Å². The quantitative estimate of drug-likeness (QED) is 0.408. The van der Waals surface area contributed by atoms with Crippen LogP contribution in [0.15, 0.2) is 66.9 Å². The lowest BCUT2D eigenvalue weighted by molar-refractivity contribution is -0.260. The minimum Gasteiger partial charge on any atom is -0.486 e. The van der Waals surface area contributed by atoms with Crippen LogP contribution in [0.5, 0.6) is 11.5 Å². The lowest BCUT2D eigenvalue weighted by Gasteiger charge is -2.31. The maximum Gasteiger partial charge on any atom is 0.423 e. The number of benzene rings is 3. The Hall–Kier alpha value is -3.79. The van der Waals surface area contributed by atoms with Crippen LogP contribution in [0.25, 0.3) is 16.6 Å². The molecule has 1 aliphatic heterocycles. The van der Waals surface area contributed by atoms with E-state index >= 15 is 0 Å². The minimum absolute atomic E-state index is 0.337. The number of aromatic nitrogens is 2. The maximum absolute atomic E-state index is 14.1. The lowest BCUT2D eigenvalue weighted by Crippen LogP contribution is -2.47. The van der Waals surface area contributed by atoms with Gasteiger partial charge in [-0.05, 0) is 54.1 Å². The molecule has 1 aliphatic rings. The van der Waals surface area contributed by atoms with Gasteiger partial charge in [-0.1, -0.05) is 6.07 Å². The Bertz CT molecular complexity index is 1340.